The Balaban J connectivity index is 1.37. The van der Waals surface area contributed by atoms with Crippen LogP contribution in [0.1, 0.15) is 72.6 Å². The van der Waals surface area contributed by atoms with Crippen molar-refractivity contribution in [3.8, 4) is 0 Å². The summed E-state index contributed by atoms with van der Waals surface area (Å²) >= 11 is 0. The Morgan fingerprint density at radius 3 is 2.16 bits per heavy atom. The maximum Gasteiger partial charge on any atom is 0.0158 e. The molecule has 3 aliphatic carbocycles. The number of hydrogen-bond acceptors (Lipinski definition) is 1. The number of unbranched alkanes of at least 4 members (excludes halogenated alkanes) is 1. The van der Waals surface area contributed by atoms with Crippen molar-refractivity contribution in [3.63, 3.8) is 0 Å². The molecule has 3 aliphatic rings. The Kier molecular flexibility index (Phi) is 3.48. The Hall–Kier alpha value is -0.0400. The SMILES string of the molecule is CC(C)(C)CCCCNC1(C)CC2CC3CC(C1)C32. The summed E-state index contributed by atoms with van der Waals surface area (Å²) in [6, 6.07) is 0. The molecule has 3 saturated carbocycles. The maximum atomic E-state index is 3.92. The van der Waals surface area contributed by atoms with Crippen LogP contribution in [-0.4, -0.2) is 12.1 Å². The molecule has 2 atom stereocenters. The van der Waals surface area contributed by atoms with Crippen molar-refractivity contribution in [2.45, 2.75) is 78.2 Å². The van der Waals surface area contributed by atoms with Gasteiger partial charge >= 0.3 is 0 Å². The van der Waals surface area contributed by atoms with Crippen LogP contribution in [0, 0.1) is 29.1 Å². The van der Waals surface area contributed by atoms with Gasteiger partial charge in [-0.1, -0.05) is 27.2 Å². The van der Waals surface area contributed by atoms with E-state index in [1.807, 2.05) is 0 Å². The molecule has 1 nitrogen and oxygen atoms in total. The van der Waals surface area contributed by atoms with Crippen molar-refractivity contribution in [2.24, 2.45) is 29.1 Å². The van der Waals surface area contributed by atoms with Crippen molar-refractivity contribution in [3.05, 3.63) is 0 Å². The lowest BCUT2D eigenvalue weighted by Gasteiger charge is -2.65. The third-order valence-corrected chi connectivity index (χ3v) is 6.17. The molecule has 3 fully saturated rings. The minimum absolute atomic E-state index is 0.471. The van der Waals surface area contributed by atoms with E-state index in [1.54, 1.807) is 12.8 Å². The van der Waals surface area contributed by atoms with Gasteiger partial charge in [-0.3, -0.25) is 0 Å². The Labute approximate surface area is 119 Å². The normalized spacial score (nSPS) is 44.2. The molecule has 0 aromatic heterocycles. The molecule has 1 N–H and O–H groups in total. The predicted octanol–water partition coefficient (Wildman–Crippen LogP) is 4.62. The lowest BCUT2D eigenvalue weighted by molar-refractivity contribution is -0.144. The largest absolute Gasteiger partial charge is 0.311 e. The van der Waals surface area contributed by atoms with Gasteiger partial charge in [-0.15, -0.1) is 0 Å². The van der Waals surface area contributed by atoms with Gasteiger partial charge in [0.2, 0.25) is 0 Å². The molecule has 0 bridgehead atoms. The topological polar surface area (TPSA) is 12.0 Å². The van der Waals surface area contributed by atoms with Crippen molar-refractivity contribution in [1.29, 1.82) is 0 Å². The van der Waals surface area contributed by atoms with E-state index in [2.05, 4.69) is 33.0 Å². The number of rotatable bonds is 5. The van der Waals surface area contributed by atoms with E-state index in [4.69, 9.17) is 0 Å². The molecule has 0 spiro atoms. The highest BCUT2D eigenvalue weighted by Gasteiger charge is 2.59. The van der Waals surface area contributed by atoms with Crippen LogP contribution in [0.4, 0.5) is 0 Å². The molecule has 0 radical (unpaired) electrons. The first-order chi connectivity index (χ1) is 8.86. The summed E-state index contributed by atoms with van der Waals surface area (Å²) in [6.07, 6.45) is 10.1. The monoisotopic (exact) mass is 263 g/mol. The van der Waals surface area contributed by atoms with Crippen molar-refractivity contribution >= 4 is 0 Å². The molecule has 0 aromatic rings. The minimum Gasteiger partial charge on any atom is -0.311 e. The van der Waals surface area contributed by atoms with E-state index in [0.717, 1.165) is 23.7 Å². The molecule has 0 aliphatic heterocycles. The van der Waals surface area contributed by atoms with Crippen LogP contribution in [0.2, 0.25) is 0 Å². The number of hydrogen-bond donors (Lipinski definition) is 1. The molecule has 2 unspecified atom stereocenters. The highest BCUT2D eigenvalue weighted by Crippen LogP contribution is 2.65. The Bertz CT molecular complexity index is 311. The quantitative estimate of drug-likeness (QED) is 0.714. The zero-order valence-electron chi connectivity index (χ0n) is 13.5. The second-order valence-electron chi connectivity index (χ2n) is 9.24. The second kappa shape index (κ2) is 4.76. The first-order valence-corrected chi connectivity index (χ1v) is 8.61. The van der Waals surface area contributed by atoms with Gasteiger partial charge in [-0.25, -0.2) is 0 Å². The third kappa shape index (κ3) is 2.86. The van der Waals surface area contributed by atoms with Crippen LogP contribution < -0.4 is 5.32 Å². The minimum atomic E-state index is 0.471. The molecular weight excluding hydrogens is 230 g/mol. The van der Waals surface area contributed by atoms with E-state index in [1.165, 1.54) is 38.6 Å². The summed E-state index contributed by atoms with van der Waals surface area (Å²) in [5, 5.41) is 3.92. The lowest BCUT2D eigenvalue weighted by Crippen LogP contribution is -2.62. The average molecular weight is 263 g/mol. The number of nitrogens with one attached hydrogen (secondary N) is 1. The molecule has 110 valence electrons. The smallest absolute Gasteiger partial charge is 0.0158 e. The lowest BCUT2D eigenvalue weighted by atomic mass is 9.41. The summed E-state index contributed by atoms with van der Waals surface area (Å²) < 4.78 is 0. The van der Waals surface area contributed by atoms with Crippen LogP contribution in [-0.2, 0) is 0 Å². The molecule has 0 heterocycles. The standard InChI is InChI=1S/C18H33N/c1-17(2,3)7-5-6-8-19-18(4)11-14-9-13-10-15(12-18)16(13)14/h13-16,19H,5-12H2,1-4H3. The summed E-state index contributed by atoms with van der Waals surface area (Å²) in [7, 11) is 0. The van der Waals surface area contributed by atoms with E-state index < -0.39 is 0 Å². The summed E-state index contributed by atoms with van der Waals surface area (Å²) in [6.45, 7) is 10.8. The van der Waals surface area contributed by atoms with Crippen LogP contribution in [0.15, 0.2) is 0 Å². The van der Waals surface area contributed by atoms with Gasteiger partial charge in [0.15, 0.2) is 0 Å². The first kappa shape index (κ1) is 13.9. The van der Waals surface area contributed by atoms with Gasteiger partial charge in [-0.05, 0) is 81.1 Å². The van der Waals surface area contributed by atoms with E-state index in [0.29, 0.717) is 11.0 Å². The van der Waals surface area contributed by atoms with E-state index >= 15 is 0 Å². The van der Waals surface area contributed by atoms with Crippen LogP contribution >= 0.6 is 0 Å². The fourth-order valence-corrected chi connectivity index (χ4v) is 5.26. The fourth-order valence-electron chi connectivity index (χ4n) is 5.26. The first-order valence-electron chi connectivity index (χ1n) is 8.61. The molecule has 19 heavy (non-hydrogen) atoms. The van der Waals surface area contributed by atoms with E-state index in [-0.39, 0.29) is 0 Å². The van der Waals surface area contributed by atoms with Crippen LogP contribution in [0.3, 0.4) is 0 Å². The summed E-state index contributed by atoms with van der Waals surface area (Å²) in [4.78, 5) is 0. The second-order valence-corrected chi connectivity index (χ2v) is 9.24. The van der Waals surface area contributed by atoms with Crippen LogP contribution in [0.5, 0.6) is 0 Å². The maximum absolute atomic E-state index is 3.92. The molecule has 1 heteroatoms. The molecule has 0 saturated heterocycles. The third-order valence-electron chi connectivity index (χ3n) is 6.17. The Morgan fingerprint density at radius 2 is 1.63 bits per heavy atom. The van der Waals surface area contributed by atoms with Gasteiger partial charge in [0.25, 0.3) is 0 Å². The van der Waals surface area contributed by atoms with Crippen molar-refractivity contribution < 1.29 is 0 Å². The molecule has 0 aromatic carbocycles. The molecule has 3 rings (SSSR count). The summed E-state index contributed by atoms with van der Waals surface area (Å²) in [5.41, 5.74) is 0.980. The average Bonchev–Trinajstić information content (AvgIpc) is 2.21. The van der Waals surface area contributed by atoms with E-state index in [9.17, 15) is 0 Å². The predicted molar refractivity (Wildman–Crippen MR) is 82.1 cm³/mol. The highest BCUT2D eigenvalue weighted by atomic mass is 15.0. The van der Waals surface area contributed by atoms with Gasteiger partial charge < -0.3 is 5.32 Å². The van der Waals surface area contributed by atoms with Gasteiger partial charge in [0.1, 0.15) is 0 Å². The Morgan fingerprint density at radius 1 is 1.00 bits per heavy atom. The zero-order valence-corrected chi connectivity index (χ0v) is 13.5. The van der Waals surface area contributed by atoms with Gasteiger partial charge in [0.05, 0.1) is 0 Å². The van der Waals surface area contributed by atoms with Crippen molar-refractivity contribution in [1.82, 2.24) is 5.32 Å². The fraction of sp³-hybridized carbons (Fsp3) is 1.00. The zero-order chi connectivity index (χ0) is 13.7. The summed E-state index contributed by atoms with van der Waals surface area (Å²) in [5.74, 6) is 4.50. The molecule has 0 amide bonds. The van der Waals surface area contributed by atoms with Gasteiger partial charge in [0, 0.05) is 5.54 Å². The highest BCUT2D eigenvalue weighted by molar-refractivity contribution is 5.10. The molecular formula is C18H33N. The van der Waals surface area contributed by atoms with Gasteiger partial charge in [-0.2, -0.15) is 0 Å². The van der Waals surface area contributed by atoms with Crippen molar-refractivity contribution in [2.75, 3.05) is 6.54 Å². The van der Waals surface area contributed by atoms with Crippen LogP contribution in [0.25, 0.3) is 0 Å².